The van der Waals surface area contributed by atoms with Crippen LogP contribution < -0.4 is 5.73 Å². The lowest BCUT2D eigenvalue weighted by atomic mass is 9.97. The molecule has 0 radical (unpaired) electrons. The zero-order valence-corrected chi connectivity index (χ0v) is 16.4. The molecule has 2 N–H and O–H groups in total. The summed E-state index contributed by atoms with van der Waals surface area (Å²) in [6.07, 6.45) is 0.961. The number of fused-ring (bicyclic) bond motifs is 1. The van der Waals surface area contributed by atoms with Crippen molar-refractivity contribution in [3.05, 3.63) is 35.4 Å². The number of aryl methyl sites for hydroxylation is 1. The van der Waals surface area contributed by atoms with Crippen LogP contribution in [0.3, 0.4) is 0 Å². The summed E-state index contributed by atoms with van der Waals surface area (Å²) >= 11 is 3.26. The Labute approximate surface area is 157 Å². The second-order valence-electron chi connectivity index (χ2n) is 6.31. The zero-order chi connectivity index (χ0) is 18.3. The molecule has 1 saturated carbocycles. The van der Waals surface area contributed by atoms with Crippen molar-refractivity contribution in [1.29, 1.82) is 10.5 Å². The second kappa shape index (κ2) is 6.27. The Morgan fingerprint density at radius 1 is 1.08 bits per heavy atom. The van der Waals surface area contributed by atoms with Gasteiger partial charge in [-0.15, -0.1) is 23.5 Å². The van der Waals surface area contributed by atoms with Gasteiger partial charge in [0.25, 0.3) is 0 Å². The number of nitrogens with two attached hydrogens (primary N) is 1. The summed E-state index contributed by atoms with van der Waals surface area (Å²) in [5, 5.41) is 20.3. The van der Waals surface area contributed by atoms with Crippen molar-refractivity contribution in [3.8, 4) is 12.1 Å². The molecule has 1 aromatic carbocycles. The van der Waals surface area contributed by atoms with Gasteiger partial charge in [-0.05, 0) is 29.1 Å². The van der Waals surface area contributed by atoms with Crippen molar-refractivity contribution < 1.29 is 0 Å². The van der Waals surface area contributed by atoms with Gasteiger partial charge >= 0.3 is 0 Å². The highest BCUT2D eigenvalue weighted by molar-refractivity contribution is 8.18. The van der Waals surface area contributed by atoms with E-state index in [0.717, 1.165) is 23.5 Å². The predicted molar refractivity (Wildman–Crippen MR) is 105 cm³/mol. The van der Waals surface area contributed by atoms with Crippen molar-refractivity contribution in [2.45, 2.75) is 37.3 Å². The van der Waals surface area contributed by atoms with Crippen molar-refractivity contribution in [2.24, 2.45) is 21.6 Å². The van der Waals surface area contributed by atoms with Gasteiger partial charge in [-0.1, -0.05) is 45.0 Å². The van der Waals surface area contributed by atoms with Gasteiger partial charge in [-0.25, -0.2) is 4.99 Å². The van der Waals surface area contributed by atoms with Crippen LogP contribution in [0.1, 0.15) is 37.8 Å². The fraction of sp³-hybridized carbons (Fsp3) is 0.526. The van der Waals surface area contributed by atoms with Crippen LogP contribution in [-0.2, 0) is 6.42 Å². The summed E-state index contributed by atoms with van der Waals surface area (Å²) in [7, 11) is 0. The van der Waals surface area contributed by atoms with Crippen LogP contribution in [-0.4, -0.2) is 21.5 Å². The van der Waals surface area contributed by atoms with E-state index < -0.39 is 15.0 Å². The lowest BCUT2D eigenvalue weighted by molar-refractivity contribution is 0.564. The number of nitriles is 2. The average Bonchev–Trinajstić information content (AvgIpc) is 3.21. The summed E-state index contributed by atoms with van der Waals surface area (Å²) < 4.78 is -0.709. The highest BCUT2D eigenvalue weighted by atomic mass is 32.2. The zero-order valence-electron chi connectivity index (χ0n) is 14.7. The monoisotopic (exact) mass is 370 g/mol. The maximum Gasteiger partial charge on any atom is 0.175 e. The van der Waals surface area contributed by atoms with E-state index in [1.807, 2.05) is 12.1 Å². The Kier molecular flexibility index (Phi) is 4.56. The minimum Gasteiger partial charge on any atom is -0.386 e. The van der Waals surface area contributed by atoms with Gasteiger partial charge in [0.2, 0.25) is 0 Å². The first kappa shape index (κ1) is 18.2. The summed E-state index contributed by atoms with van der Waals surface area (Å²) in [6.45, 7) is 6.22. The van der Waals surface area contributed by atoms with Crippen molar-refractivity contribution in [3.63, 3.8) is 0 Å². The molecule has 1 heterocycles. The maximum atomic E-state index is 10.2. The minimum absolute atomic E-state index is 0.225. The van der Waals surface area contributed by atoms with Crippen LogP contribution in [0.4, 0.5) is 0 Å². The van der Waals surface area contributed by atoms with Crippen LogP contribution in [0.15, 0.2) is 29.3 Å². The third-order valence-electron chi connectivity index (χ3n) is 5.33. The van der Waals surface area contributed by atoms with E-state index in [4.69, 9.17) is 10.7 Å². The summed E-state index contributed by atoms with van der Waals surface area (Å²) in [6, 6.07) is 13.2. The molecule has 1 aliphatic heterocycles. The molecule has 3 unspecified atom stereocenters. The Bertz CT molecular complexity index is 783. The van der Waals surface area contributed by atoms with E-state index in [9.17, 15) is 10.5 Å². The predicted octanol–water partition coefficient (Wildman–Crippen LogP) is 3.90. The van der Waals surface area contributed by atoms with Crippen molar-refractivity contribution in [2.75, 3.05) is 11.5 Å². The van der Waals surface area contributed by atoms with Crippen LogP contribution >= 0.6 is 23.5 Å². The Hall–Kier alpha value is -1.63. The van der Waals surface area contributed by atoms with Crippen molar-refractivity contribution >= 4 is 29.4 Å². The normalized spacial score (nSPS) is 31.6. The Morgan fingerprint density at radius 3 is 2.12 bits per heavy atom. The van der Waals surface area contributed by atoms with Crippen molar-refractivity contribution in [1.82, 2.24) is 0 Å². The molecule has 0 aromatic heterocycles. The standard InChI is InChI=1S/C19H22N4S2/c1-4-13-7-9-14(10-8-13)15-17(11-20)16(22)23-19(24-5-2,25-6-3)18(15,17)12-21/h7-10,15H,4-6H2,1-3H3,(H2,22,23). The van der Waals surface area contributed by atoms with E-state index in [0.29, 0.717) is 5.84 Å². The molecule has 1 fully saturated rings. The molecule has 2 aliphatic rings. The summed E-state index contributed by atoms with van der Waals surface area (Å²) in [5.41, 5.74) is 6.62. The molecule has 3 rings (SSSR count). The molecule has 0 bridgehead atoms. The number of hydrogen-bond acceptors (Lipinski definition) is 6. The van der Waals surface area contributed by atoms with Crippen LogP contribution in [0.25, 0.3) is 0 Å². The molecule has 3 atom stereocenters. The number of rotatable bonds is 6. The van der Waals surface area contributed by atoms with E-state index >= 15 is 0 Å². The van der Waals surface area contributed by atoms with Gasteiger partial charge in [-0.3, -0.25) is 0 Å². The van der Waals surface area contributed by atoms with Gasteiger partial charge < -0.3 is 5.73 Å². The second-order valence-corrected chi connectivity index (χ2v) is 9.48. The molecule has 1 aliphatic carbocycles. The Morgan fingerprint density at radius 2 is 1.68 bits per heavy atom. The molecular weight excluding hydrogens is 348 g/mol. The topological polar surface area (TPSA) is 86.0 Å². The number of hydrogen-bond donors (Lipinski definition) is 1. The van der Waals surface area contributed by atoms with Gasteiger partial charge in [0.15, 0.2) is 4.20 Å². The number of aliphatic imine (C=N–C) groups is 1. The van der Waals surface area contributed by atoms with Gasteiger partial charge in [0.05, 0.1) is 12.1 Å². The van der Waals surface area contributed by atoms with Crippen LogP contribution in [0.5, 0.6) is 0 Å². The van der Waals surface area contributed by atoms with E-state index in [1.165, 1.54) is 5.56 Å². The molecule has 4 nitrogen and oxygen atoms in total. The average molecular weight is 371 g/mol. The molecule has 0 spiro atoms. The Balaban J connectivity index is 2.17. The number of benzene rings is 1. The highest BCUT2D eigenvalue weighted by Gasteiger charge is 2.91. The first-order chi connectivity index (χ1) is 12.0. The van der Waals surface area contributed by atoms with Crippen LogP contribution in [0.2, 0.25) is 0 Å². The fourth-order valence-corrected chi connectivity index (χ4v) is 7.45. The quantitative estimate of drug-likeness (QED) is 0.768. The molecule has 1 aromatic rings. The highest BCUT2D eigenvalue weighted by Crippen LogP contribution is 2.85. The molecule has 25 heavy (non-hydrogen) atoms. The number of thioether (sulfide) groups is 2. The van der Waals surface area contributed by atoms with Gasteiger partial charge in [0, 0.05) is 5.92 Å². The maximum absolute atomic E-state index is 10.2. The van der Waals surface area contributed by atoms with Gasteiger partial charge in [-0.2, -0.15) is 10.5 Å². The summed E-state index contributed by atoms with van der Waals surface area (Å²) in [4.78, 5) is 4.70. The lowest BCUT2D eigenvalue weighted by Crippen LogP contribution is -2.31. The molecule has 130 valence electrons. The fourth-order valence-electron chi connectivity index (χ4n) is 4.20. The summed E-state index contributed by atoms with van der Waals surface area (Å²) in [5.74, 6) is 1.73. The van der Waals surface area contributed by atoms with E-state index in [1.54, 1.807) is 23.5 Å². The SMILES string of the molecule is CCSC1(SCC)N=C(N)C2(C#N)C(c3ccc(CC)cc3)C12C#N. The molecular formula is C19H22N4S2. The van der Waals surface area contributed by atoms with E-state index in [-0.39, 0.29) is 5.92 Å². The molecule has 6 heteroatoms. The lowest BCUT2D eigenvalue weighted by Gasteiger charge is -2.31. The smallest absolute Gasteiger partial charge is 0.175 e. The third kappa shape index (κ3) is 2.05. The van der Waals surface area contributed by atoms with Gasteiger partial charge in [0.1, 0.15) is 16.7 Å². The largest absolute Gasteiger partial charge is 0.386 e. The van der Waals surface area contributed by atoms with E-state index in [2.05, 4.69) is 45.0 Å². The van der Waals surface area contributed by atoms with Crippen LogP contribution in [0, 0.1) is 33.5 Å². The molecule has 0 amide bonds. The third-order valence-corrected chi connectivity index (χ3v) is 8.22. The first-order valence-electron chi connectivity index (χ1n) is 8.58. The minimum atomic E-state index is -1.01. The number of nitrogens with zero attached hydrogens (tertiary/aromatic N) is 3. The first-order valence-corrected chi connectivity index (χ1v) is 10.6. The number of amidine groups is 1. The molecule has 0 saturated heterocycles.